The van der Waals surface area contributed by atoms with Gasteiger partial charge >= 0.3 is 0 Å². The first-order chi connectivity index (χ1) is 7.18. The van der Waals surface area contributed by atoms with Crippen LogP contribution in [-0.2, 0) is 0 Å². The van der Waals surface area contributed by atoms with Crippen molar-refractivity contribution in [3.8, 4) is 16.9 Å². The number of hydrogen-bond acceptors (Lipinski definition) is 1. The predicted molar refractivity (Wildman–Crippen MR) is 61.2 cm³/mol. The monoisotopic (exact) mass is 266 g/mol. The molecule has 0 heterocycles. The third-order valence-corrected chi connectivity index (χ3v) is 2.79. The Balaban J connectivity index is 2.58. The molecule has 1 nitrogen and oxygen atoms in total. The molecule has 3 heteroatoms. The zero-order chi connectivity index (χ0) is 10.8. The summed E-state index contributed by atoms with van der Waals surface area (Å²) < 4.78 is 13.5. The molecule has 0 aromatic heterocycles. The van der Waals surface area contributed by atoms with Crippen molar-refractivity contribution in [2.75, 3.05) is 0 Å². The van der Waals surface area contributed by atoms with E-state index in [0.29, 0.717) is 5.56 Å². The SMILES string of the molecule is Oc1cccc(Br)c1-c1ccc(F)cc1. The summed E-state index contributed by atoms with van der Waals surface area (Å²) in [6.07, 6.45) is 0. The van der Waals surface area contributed by atoms with E-state index in [1.54, 1.807) is 24.3 Å². The summed E-state index contributed by atoms with van der Waals surface area (Å²) in [6, 6.07) is 11.2. The molecule has 0 saturated carbocycles. The van der Waals surface area contributed by atoms with Gasteiger partial charge in [-0.05, 0) is 29.8 Å². The molecule has 0 aliphatic carbocycles. The van der Waals surface area contributed by atoms with Crippen LogP contribution in [0.2, 0.25) is 0 Å². The van der Waals surface area contributed by atoms with E-state index in [0.717, 1.165) is 10.0 Å². The van der Waals surface area contributed by atoms with E-state index in [9.17, 15) is 9.50 Å². The van der Waals surface area contributed by atoms with Crippen LogP contribution < -0.4 is 0 Å². The highest BCUT2D eigenvalue weighted by atomic mass is 79.9. The maximum absolute atomic E-state index is 12.7. The molecule has 0 fully saturated rings. The molecule has 0 amide bonds. The topological polar surface area (TPSA) is 20.2 Å². The molecular weight excluding hydrogens is 259 g/mol. The normalized spacial score (nSPS) is 10.3. The van der Waals surface area contributed by atoms with Gasteiger partial charge < -0.3 is 5.11 Å². The van der Waals surface area contributed by atoms with Crippen LogP contribution in [0.25, 0.3) is 11.1 Å². The number of aromatic hydroxyl groups is 1. The quantitative estimate of drug-likeness (QED) is 0.829. The summed E-state index contributed by atoms with van der Waals surface area (Å²) in [6.45, 7) is 0. The Kier molecular flexibility index (Phi) is 2.73. The van der Waals surface area contributed by atoms with Crippen molar-refractivity contribution in [3.05, 3.63) is 52.8 Å². The Morgan fingerprint density at radius 2 is 1.67 bits per heavy atom. The molecule has 15 heavy (non-hydrogen) atoms. The number of benzene rings is 2. The Bertz CT molecular complexity index is 459. The van der Waals surface area contributed by atoms with E-state index in [-0.39, 0.29) is 11.6 Å². The lowest BCUT2D eigenvalue weighted by molar-refractivity contribution is 0.477. The average molecular weight is 267 g/mol. The maximum Gasteiger partial charge on any atom is 0.124 e. The zero-order valence-electron chi connectivity index (χ0n) is 7.74. The fourth-order valence-electron chi connectivity index (χ4n) is 1.42. The summed E-state index contributed by atoms with van der Waals surface area (Å²) >= 11 is 3.35. The van der Waals surface area contributed by atoms with Crippen LogP contribution in [0.15, 0.2) is 46.9 Å². The number of rotatable bonds is 1. The minimum Gasteiger partial charge on any atom is -0.507 e. The van der Waals surface area contributed by atoms with Gasteiger partial charge in [0.2, 0.25) is 0 Å². The van der Waals surface area contributed by atoms with E-state index >= 15 is 0 Å². The van der Waals surface area contributed by atoms with Gasteiger partial charge in [-0.1, -0.05) is 34.1 Å². The molecule has 0 spiro atoms. The van der Waals surface area contributed by atoms with Gasteiger partial charge in [0.25, 0.3) is 0 Å². The molecular formula is C12H8BrFO. The van der Waals surface area contributed by atoms with Gasteiger partial charge in [-0.2, -0.15) is 0 Å². The molecule has 0 bridgehead atoms. The highest BCUT2D eigenvalue weighted by Gasteiger charge is 2.07. The molecule has 2 aromatic carbocycles. The van der Waals surface area contributed by atoms with Crippen molar-refractivity contribution >= 4 is 15.9 Å². The predicted octanol–water partition coefficient (Wildman–Crippen LogP) is 3.96. The van der Waals surface area contributed by atoms with E-state index < -0.39 is 0 Å². The molecule has 0 saturated heterocycles. The largest absolute Gasteiger partial charge is 0.507 e. The van der Waals surface area contributed by atoms with Gasteiger partial charge in [-0.15, -0.1) is 0 Å². The van der Waals surface area contributed by atoms with E-state index in [1.165, 1.54) is 12.1 Å². The summed E-state index contributed by atoms with van der Waals surface area (Å²) in [5.41, 5.74) is 1.46. The first-order valence-electron chi connectivity index (χ1n) is 4.42. The van der Waals surface area contributed by atoms with Gasteiger partial charge in [-0.25, -0.2) is 4.39 Å². The third-order valence-electron chi connectivity index (χ3n) is 2.12. The van der Waals surface area contributed by atoms with Crippen molar-refractivity contribution in [2.45, 2.75) is 0 Å². The summed E-state index contributed by atoms with van der Waals surface area (Å²) in [5.74, 6) is -0.110. The molecule has 1 N–H and O–H groups in total. The van der Waals surface area contributed by atoms with Crippen LogP contribution in [-0.4, -0.2) is 5.11 Å². The van der Waals surface area contributed by atoms with Crippen molar-refractivity contribution in [3.63, 3.8) is 0 Å². The number of phenols is 1. The minimum atomic E-state index is -0.287. The van der Waals surface area contributed by atoms with Crippen molar-refractivity contribution in [1.82, 2.24) is 0 Å². The lowest BCUT2D eigenvalue weighted by Gasteiger charge is -2.06. The second-order valence-electron chi connectivity index (χ2n) is 3.14. The van der Waals surface area contributed by atoms with Gasteiger partial charge in [0.15, 0.2) is 0 Å². The Morgan fingerprint density at radius 3 is 2.27 bits per heavy atom. The van der Waals surface area contributed by atoms with Crippen LogP contribution in [0.5, 0.6) is 5.75 Å². The Labute approximate surface area is 95.3 Å². The van der Waals surface area contributed by atoms with Gasteiger partial charge in [0.05, 0.1) is 0 Å². The van der Waals surface area contributed by atoms with E-state index in [2.05, 4.69) is 15.9 Å². The second kappa shape index (κ2) is 4.03. The molecule has 76 valence electrons. The van der Waals surface area contributed by atoms with E-state index in [1.807, 2.05) is 6.07 Å². The number of phenolic OH excluding ortho intramolecular Hbond substituents is 1. The third kappa shape index (κ3) is 2.02. The number of halogens is 2. The second-order valence-corrected chi connectivity index (χ2v) is 4.00. The van der Waals surface area contributed by atoms with Crippen LogP contribution in [0, 0.1) is 5.82 Å². The highest BCUT2D eigenvalue weighted by Crippen LogP contribution is 2.35. The first kappa shape index (κ1) is 10.2. The first-order valence-corrected chi connectivity index (χ1v) is 5.21. The van der Waals surface area contributed by atoms with Gasteiger partial charge in [-0.3, -0.25) is 0 Å². The summed E-state index contributed by atoms with van der Waals surface area (Å²) in [4.78, 5) is 0. The van der Waals surface area contributed by atoms with Crippen LogP contribution in [0.1, 0.15) is 0 Å². The van der Waals surface area contributed by atoms with Crippen LogP contribution in [0.4, 0.5) is 4.39 Å². The van der Waals surface area contributed by atoms with Crippen molar-refractivity contribution < 1.29 is 9.50 Å². The van der Waals surface area contributed by atoms with E-state index in [4.69, 9.17) is 0 Å². The van der Waals surface area contributed by atoms with Crippen LogP contribution in [0.3, 0.4) is 0 Å². The summed E-state index contributed by atoms with van der Waals surface area (Å²) in [7, 11) is 0. The standard InChI is InChI=1S/C12H8BrFO/c13-10-2-1-3-11(15)12(10)8-4-6-9(14)7-5-8/h1-7,15H. The molecule has 2 rings (SSSR count). The van der Waals surface area contributed by atoms with Crippen molar-refractivity contribution in [2.24, 2.45) is 0 Å². The van der Waals surface area contributed by atoms with Crippen LogP contribution >= 0.6 is 15.9 Å². The molecule has 0 aliphatic heterocycles. The molecule has 0 radical (unpaired) electrons. The fourth-order valence-corrected chi connectivity index (χ4v) is 2.00. The molecule has 2 aromatic rings. The molecule has 0 atom stereocenters. The minimum absolute atomic E-state index is 0.177. The molecule has 0 aliphatic rings. The smallest absolute Gasteiger partial charge is 0.124 e. The Hall–Kier alpha value is -1.35. The average Bonchev–Trinajstić information content (AvgIpc) is 2.20. The highest BCUT2D eigenvalue weighted by molar-refractivity contribution is 9.10. The summed E-state index contributed by atoms with van der Waals surface area (Å²) in [5, 5.41) is 9.69. The van der Waals surface area contributed by atoms with Gasteiger partial charge in [0, 0.05) is 10.0 Å². The Morgan fingerprint density at radius 1 is 1.00 bits per heavy atom. The lowest BCUT2D eigenvalue weighted by Crippen LogP contribution is -1.81. The molecule has 0 unspecified atom stereocenters. The number of hydrogen-bond donors (Lipinski definition) is 1. The zero-order valence-corrected chi connectivity index (χ0v) is 9.33. The maximum atomic E-state index is 12.7. The van der Waals surface area contributed by atoms with Crippen molar-refractivity contribution in [1.29, 1.82) is 0 Å². The fraction of sp³-hybridized carbons (Fsp3) is 0. The van der Waals surface area contributed by atoms with Gasteiger partial charge in [0.1, 0.15) is 11.6 Å². The lowest BCUT2D eigenvalue weighted by atomic mass is 10.0.